The smallest absolute Gasteiger partial charge is 0.227 e. The summed E-state index contributed by atoms with van der Waals surface area (Å²) in [6.07, 6.45) is 7.45. The van der Waals surface area contributed by atoms with E-state index in [1.165, 1.54) is 0 Å². The van der Waals surface area contributed by atoms with E-state index in [1.807, 2.05) is 12.3 Å². The average Bonchev–Trinajstić information content (AvgIpc) is 2.90. The molecule has 0 spiro atoms. The third kappa shape index (κ3) is 3.03. The van der Waals surface area contributed by atoms with Gasteiger partial charge in [0.2, 0.25) is 5.91 Å². The van der Waals surface area contributed by atoms with Gasteiger partial charge in [-0.25, -0.2) is 4.98 Å². The van der Waals surface area contributed by atoms with Gasteiger partial charge in [-0.3, -0.25) is 4.79 Å². The molecule has 1 fully saturated rings. The van der Waals surface area contributed by atoms with Gasteiger partial charge in [-0.1, -0.05) is 0 Å². The fraction of sp³-hybridized carbons (Fsp3) is 0.500. The Kier molecular flexibility index (Phi) is 4.49. The van der Waals surface area contributed by atoms with E-state index in [2.05, 4.69) is 38.1 Å². The Morgan fingerprint density at radius 2 is 2.18 bits per heavy atom. The Bertz CT molecular complexity index is 674. The Balaban J connectivity index is 1.70. The monoisotopic (exact) mass is 364 g/mol. The molecule has 3 rings (SSSR count). The van der Waals surface area contributed by atoms with Crippen molar-refractivity contribution in [2.45, 2.75) is 38.6 Å². The minimum Gasteiger partial charge on any atom is -0.345 e. The molecule has 1 aliphatic rings. The van der Waals surface area contributed by atoms with Gasteiger partial charge in [-0.15, -0.1) is 0 Å². The lowest BCUT2D eigenvalue weighted by Crippen LogP contribution is -2.33. The summed E-state index contributed by atoms with van der Waals surface area (Å²) in [6.45, 7) is 2.06. The molecule has 0 radical (unpaired) electrons. The van der Waals surface area contributed by atoms with Crippen LogP contribution in [0.3, 0.4) is 0 Å². The molecule has 2 aromatic rings. The molecular formula is C16H21BrN4O. The molecule has 1 atom stereocenters. The molecule has 0 aliphatic heterocycles. The summed E-state index contributed by atoms with van der Waals surface area (Å²) < 4.78 is 0.909. The minimum atomic E-state index is 0.0796. The number of nitrogens with zero attached hydrogens (tertiary/aromatic N) is 1. The number of hydrogen-bond donors (Lipinski definition) is 3. The summed E-state index contributed by atoms with van der Waals surface area (Å²) in [4.78, 5) is 19.9. The van der Waals surface area contributed by atoms with E-state index in [0.717, 1.165) is 46.9 Å². The molecule has 1 amide bonds. The highest BCUT2D eigenvalue weighted by molar-refractivity contribution is 9.10. The van der Waals surface area contributed by atoms with Crippen molar-refractivity contribution in [3.8, 4) is 0 Å². The zero-order valence-corrected chi connectivity index (χ0v) is 14.2. The first-order chi connectivity index (χ1) is 10.6. The maximum absolute atomic E-state index is 12.5. The van der Waals surface area contributed by atoms with Gasteiger partial charge in [0, 0.05) is 28.8 Å². The molecule has 22 heavy (non-hydrogen) atoms. The zero-order chi connectivity index (χ0) is 15.7. The van der Waals surface area contributed by atoms with Gasteiger partial charge >= 0.3 is 0 Å². The molecule has 0 unspecified atom stereocenters. The molecule has 6 heteroatoms. The second kappa shape index (κ2) is 6.38. The number of rotatable bonds is 3. The van der Waals surface area contributed by atoms with Gasteiger partial charge in [-0.2, -0.15) is 0 Å². The SMILES string of the molecule is C[C@@H](N)C1CCC(C(=O)Nc2ccnc3[nH]cc(Br)c23)CC1. The van der Waals surface area contributed by atoms with Crippen LogP contribution in [-0.4, -0.2) is 21.9 Å². The van der Waals surface area contributed by atoms with E-state index in [9.17, 15) is 4.79 Å². The first-order valence-corrected chi connectivity index (χ1v) is 8.53. The van der Waals surface area contributed by atoms with E-state index in [-0.39, 0.29) is 17.9 Å². The standard InChI is InChI=1S/C16H21BrN4O/c1-9(18)10-2-4-11(5-3-10)16(22)21-13-6-7-19-15-14(13)12(17)8-20-15/h6-11H,2-5,18H2,1H3,(H2,19,20,21,22)/t9-,10?,11?/m1/s1. The second-order valence-corrected chi connectivity index (χ2v) is 7.03. The van der Waals surface area contributed by atoms with Gasteiger partial charge in [0.1, 0.15) is 5.65 Å². The van der Waals surface area contributed by atoms with Crippen molar-refractivity contribution < 1.29 is 4.79 Å². The fourth-order valence-corrected chi connectivity index (χ4v) is 3.78. The summed E-state index contributed by atoms with van der Waals surface area (Å²) >= 11 is 3.49. The maximum Gasteiger partial charge on any atom is 0.227 e. The van der Waals surface area contributed by atoms with E-state index in [0.29, 0.717) is 5.92 Å². The minimum absolute atomic E-state index is 0.0796. The average molecular weight is 365 g/mol. The Morgan fingerprint density at radius 1 is 1.45 bits per heavy atom. The quantitative estimate of drug-likeness (QED) is 0.779. The van der Waals surface area contributed by atoms with Crippen LogP contribution < -0.4 is 11.1 Å². The van der Waals surface area contributed by atoms with E-state index < -0.39 is 0 Å². The lowest BCUT2D eigenvalue weighted by Gasteiger charge is -2.30. The molecule has 2 aromatic heterocycles. The summed E-state index contributed by atoms with van der Waals surface area (Å²) in [5.41, 5.74) is 7.54. The van der Waals surface area contributed by atoms with Crippen LogP contribution in [0.1, 0.15) is 32.6 Å². The summed E-state index contributed by atoms with van der Waals surface area (Å²) in [6, 6.07) is 2.06. The highest BCUT2D eigenvalue weighted by Gasteiger charge is 2.28. The van der Waals surface area contributed by atoms with Crippen LogP contribution >= 0.6 is 15.9 Å². The van der Waals surface area contributed by atoms with Crippen LogP contribution in [0.4, 0.5) is 5.69 Å². The number of halogens is 1. The summed E-state index contributed by atoms with van der Waals surface area (Å²) in [5.74, 6) is 0.732. The molecular weight excluding hydrogens is 344 g/mol. The predicted molar refractivity (Wildman–Crippen MR) is 91.5 cm³/mol. The molecule has 118 valence electrons. The Labute approximate surface area is 138 Å². The number of fused-ring (bicyclic) bond motifs is 1. The number of aromatic amines is 1. The molecule has 0 saturated heterocycles. The number of nitrogens with one attached hydrogen (secondary N) is 2. The Hall–Kier alpha value is -1.40. The van der Waals surface area contributed by atoms with Gasteiger partial charge in [0.05, 0.1) is 11.1 Å². The van der Waals surface area contributed by atoms with Gasteiger partial charge in [-0.05, 0) is 60.5 Å². The number of hydrogen-bond acceptors (Lipinski definition) is 3. The van der Waals surface area contributed by atoms with Crippen molar-refractivity contribution in [3.63, 3.8) is 0 Å². The topological polar surface area (TPSA) is 83.8 Å². The highest BCUT2D eigenvalue weighted by Crippen LogP contribution is 2.33. The van der Waals surface area contributed by atoms with Crippen molar-refractivity contribution >= 4 is 38.6 Å². The first-order valence-electron chi connectivity index (χ1n) is 7.74. The van der Waals surface area contributed by atoms with E-state index in [1.54, 1.807) is 6.20 Å². The second-order valence-electron chi connectivity index (χ2n) is 6.18. The van der Waals surface area contributed by atoms with Crippen molar-refractivity contribution in [2.75, 3.05) is 5.32 Å². The predicted octanol–water partition coefficient (Wildman–Crippen LogP) is 3.42. The van der Waals surface area contributed by atoms with Gasteiger partial charge < -0.3 is 16.0 Å². The van der Waals surface area contributed by atoms with Crippen molar-refractivity contribution in [1.82, 2.24) is 9.97 Å². The highest BCUT2D eigenvalue weighted by atomic mass is 79.9. The molecule has 4 N–H and O–H groups in total. The first kappa shape index (κ1) is 15.5. The molecule has 1 aliphatic carbocycles. The number of pyridine rings is 1. The zero-order valence-electron chi connectivity index (χ0n) is 12.6. The van der Waals surface area contributed by atoms with Crippen molar-refractivity contribution in [1.29, 1.82) is 0 Å². The third-order valence-corrected chi connectivity index (χ3v) is 5.29. The molecule has 0 bridgehead atoms. The van der Waals surface area contributed by atoms with E-state index >= 15 is 0 Å². The fourth-order valence-electron chi connectivity index (χ4n) is 3.26. The number of amides is 1. The number of H-pyrrole nitrogens is 1. The third-order valence-electron chi connectivity index (χ3n) is 4.67. The number of nitrogens with two attached hydrogens (primary N) is 1. The number of aromatic nitrogens is 2. The summed E-state index contributed by atoms with van der Waals surface area (Å²) in [7, 11) is 0. The normalized spacial score (nSPS) is 23.4. The molecule has 1 saturated carbocycles. The molecule has 5 nitrogen and oxygen atoms in total. The van der Waals surface area contributed by atoms with Crippen LogP contribution in [0.2, 0.25) is 0 Å². The van der Waals surface area contributed by atoms with Crippen LogP contribution in [-0.2, 0) is 4.79 Å². The van der Waals surface area contributed by atoms with Crippen LogP contribution in [0.25, 0.3) is 11.0 Å². The largest absolute Gasteiger partial charge is 0.345 e. The van der Waals surface area contributed by atoms with Crippen molar-refractivity contribution in [3.05, 3.63) is 22.9 Å². The van der Waals surface area contributed by atoms with Crippen LogP contribution in [0.15, 0.2) is 22.9 Å². The lowest BCUT2D eigenvalue weighted by molar-refractivity contribution is -0.121. The van der Waals surface area contributed by atoms with Crippen LogP contribution in [0.5, 0.6) is 0 Å². The number of carbonyl (C=O) groups is 1. The van der Waals surface area contributed by atoms with Crippen molar-refractivity contribution in [2.24, 2.45) is 17.6 Å². The van der Waals surface area contributed by atoms with Gasteiger partial charge in [0.25, 0.3) is 0 Å². The summed E-state index contributed by atoms with van der Waals surface area (Å²) in [5, 5.41) is 3.98. The number of carbonyl (C=O) groups excluding carboxylic acids is 1. The molecule has 2 heterocycles. The number of anilines is 1. The lowest BCUT2D eigenvalue weighted by atomic mass is 9.79. The Morgan fingerprint density at radius 3 is 2.86 bits per heavy atom. The molecule has 0 aromatic carbocycles. The van der Waals surface area contributed by atoms with Crippen LogP contribution in [0, 0.1) is 11.8 Å². The maximum atomic E-state index is 12.5. The van der Waals surface area contributed by atoms with E-state index in [4.69, 9.17) is 5.73 Å². The van der Waals surface area contributed by atoms with Gasteiger partial charge in [0.15, 0.2) is 0 Å².